The van der Waals surface area contributed by atoms with Gasteiger partial charge in [-0.05, 0) is 59.1 Å². The first-order valence-corrected chi connectivity index (χ1v) is 13.1. The van der Waals surface area contributed by atoms with Crippen molar-refractivity contribution in [1.82, 2.24) is 5.32 Å². The summed E-state index contributed by atoms with van der Waals surface area (Å²) in [6.45, 7) is 17.0. The molecule has 0 spiro atoms. The third-order valence-electron chi connectivity index (χ3n) is 6.09. The first-order valence-electron chi connectivity index (χ1n) is 12.6. The molecule has 0 saturated carbocycles. The molecular weight excluding hydrogens is 524 g/mol. The normalized spacial score (nSPS) is 25.8. The van der Waals surface area contributed by atoms with Gasteiger partial charge in [0, 0.05) is 19.1 Å². The van der Waals surface area contributed by atoms with E-state index in [1.54, 1.807) is 41.5 Å². The van der Waals surface area contributed by atoms with E-state index in [-0.39, 0.29) is 16.8 Å². The van der Waals surface area contributed by atoms with Gasteiger partial charge in [-0.1, -0.05) is 20.8 Å². The minimum Gasteiger partial charge on any atom is -0.495 e. The Kier molecular flexibility index (Phi) is 9.42. The molecule has 0 unspecified atom stereocenters. The van der Waals surface area contributed by atoms with Gasteiger partial charge in [0.05, 0.1) is 25.8 Å². The Bertz CT molecular complexity index is 1090. The van der Waals surface area contributed by atoms with Crippen molar-refractivity contribution in [3.05, 3.63) is 34.4 Å². The first-order chi connectivity index (χ1) is 17.6. The summed E-state index contributed by atoms with van der Waals surface area (Å²) in [5.41, 5.74) is -4.71. The van der Waals surface area contributed by atoms with E-state index in [0.29, 0.717) is 0 Å². The van der Waals surface area contributed by atoms with Crippen LogP contribution in [0, 0.1) is 20.9 Å². The van der Waals surface area contributed by atoms with Gasteiger partial charge in [-0.25, -0.2) is 0 Å². The van der Waals surface area contributed by atoms with Crippen LogP contribution >= 0.6 is 0 Å². The van der Waals surface area contributed by atoms with Gasteiger partial charge in [-0.2, -0.15) is 0 Å². The monoisotopic (exact) mass is 564 g/mol. The van der Waals surface area contributed by atoms with E-state index < -0.39 is 63.4 Å². The second-order valence-corrected chi connectivity index (χ2v) is 13.2. The van der Waals surface area contributed by atoms with Crippen molar-refractivity contribution in [2.45, 2.75) is 105 Å². The van der Waals surface area contributed by atoms with Crippen molar-refractivity contribution >= 4 is 32.8 Å². The van der Waals surface area contributed by atoms with Crippen LogP contribution in [0.3, 0.4) is 0 Å². The zero-order valence-corrected chi connectivity index (χ0v) is 25.3. The summed E-state index contributed by atoms with van der Waals surface area (Å²) in [4.78, 5) is 36.1. The van der Waals surface area contributed by atoms with Gasteiger partial charge in [0.2, 0.25) is 12.2 Å². The third kappa shape index (κ3) is 7.64. The van der Waals surface area contributed by atoms with Gasteiger partial charge in [0.15, 0.2) is 6.10 Å². The number of carbonyl (C=O) groups excluding carboxylic acids is 2. The Morgan fingerprint density at radius 2 is 1.62 bits per heavy atom. The highest BCUT2D eigenvalue weighted by Gasteiger charge is 2.65. The molecule has 1 aromatic rings. The molecule has 0 bridgehead atoms. The number of nitrogens with one attached hydrogen (secondary N) is 1. The number of nitrogens with zero attached hydrogens (tertiary/aromatic N) is 1. The van der Waals surface area contributed by atoms with Crippen LogP contribution in [0.15, 0.2) is 24.3 Å². The first kappa shape index (κ1) is 32.4. The van der Waals surface area contributed by atoms with Crippen LogP contribution in [0.25, 0.3) is 0 Å². The molecule has 216 valence electrons. The number of amides is 1. The number of carbonyl (C=O) groups is 2. The molecule has 11 nitrogen and oxygen atoms in total. The van der Waals surface area contributed by atoms with Crippen LogP contribution < -0.4 is 10.1 Å². The SMILES string of the molecule is CC(=O)N[C@H]1[C@@H](Oc2ccc([N+](=O)[O-])cc2)O[C@H](C(=[Si])OC(C)(C)C)[C@@](O)(C(C)(C)C)[C@@H]1OC(=O)C(C)(C)C. The molecule has 1 saturated heterocycles. The molecule has 1 aromatic carbocycles. The average molecular weight is 565 g/mol. The van der Waals surface area contributed by atoms with Gasteiger partial charge in [-0.15, -0.1) is 0 Å². The number of nitro benzene ring substituents is 1. The van der Waals surface area contributed by atoms with Crippen LogP contribution in [0.1, 0.15) is 69.2 Å². The molecule has 1 heterocycles. The highest BCUT2D eigenvalue weighted by atomic mass is 28.1. The lowest BCUT2D eigenvalue weighted by Crippen LogP contribution is -2.77. The van der Waals surface area contributed by atoms with E-state index in [1.807, 2.05) is 20.8 Å². The second kappa shape index (κ2) is 11.3. The van der Waals surface area contributed by atoms with Crippen LogP contribution in [0.4, 0.5) is 5.69 Å². The fourth-order valence-corrected chi connectivity index (χ4v) is 4.66. The van der Waals surface area contributed by atoms with Crippen LogP contribution in [0.2, 0.25) is 0 Å². The summed E-state index contributed by atoms with van der Waals surface area (Å²) >= 11 is 0. The molecule has 1 amide bonds. The molecule has 1 fully saturated rings. The molecule has 12 heteroatoms. The lowest BCUT2D eigenvalue weighted by atomic mass is 9.66. The smallest absolute Gasteiger partial charge is 0.311 e. The minimum absolute atomic E-state index is 0.121. The summed E-state index contributed by atoms with van der Waals surface area (Å²) < 4.78 is 24.4. The van der Waals surface area contributed by atoms with Crippen molar-refractivity contribution in [2.24, 2.45) is 10.8 Å². The summed E-state index contributed by atoms with van der Waals surface area (Å²) in [6, 6.07) is 4.10. The van der Waals surface area contributed by atoms with Crippen molar-refractivity contribution in [3.8, 4) is 5.75 Å². The van der Waals surface area contributed by atoms with Crippen molar-refractivity contribution in [1.29, 1.82) is 0 Å². The molecule has 2 radical (unpaired) electrons. The Hall–Kier alpha value is -2.83. The standard InChI is InChI=1S/C27H40N2O9Si/c1-15(30)28-18-19(37-23(31)24(2,3)4)27(32,25(5,6)7)20(22(39)38-26(8,9)10)36-21(18)35-17-13-11-16(12-14-17)29(33)34/h11-14,18-21,32H,1-10H3,(H,28,30)/t18-,19-,20-,21+,27-/m1/s1. The van der Waals surface area contributed by atoms with Crippen molar-refractivity contribution in [3.63, 3.8) is 0 Å². The molecule has 2 N–H and O–H groups in total. The maximum absolute atomic E-state index is 13.2. The van der Waals surface area contributed by atoms with E-state index in [4.69, 9.17) is 18.9 Å². The number of nitro groups is 1. The minimum atomic E-state index is -1.95. The van der Waals surface area contributed by atoms with Crippen LogP contribution in [-0.4, -0.2) is 72.9 Å². The van der Waals surface area contributed by atoms with Gasteiger partial charge in [-0.3, -0.25) is 19.7 Å². The molecular formula is C27H40N2O9Si. The zero-order valence-electron chi connectivity index (χ0n) is 24.3. The molecule has 0 aliphatic carbocycles. The molecule has 5 atom stereocenters. The molecule has 0 aromatic heterocycles. The number of hydrogen-bond acceptors (Lipinski definition) is 9. The molecule has 39 heavy (non-hydrogen) atoms. The number of hydrogen-bond donors (Lipinski definition) is 2. The number of ether oxygens (including phenoxy) is 4. The predicted octanol–water partition coefficient (Wildman–Crippen LogP) is 3.05. The molecule has 1 aliphatic rings. The van der Waals surface area contributed by atoms with E-state index in [0.717, 1.165) is 0 Å². The highest BCUT2D eigenvalue weighted by molar-refractivity contribution is 6.36. The summed E-state index contributed by atoms with van der Waals surface area (Å²) in [5.74, 6) is -0.914. The Morgan fingerprint density at radius 3 is 2.03 bits per heavy atom. The number of non-ortho nitro benzene ring substituents is 1. The Balaban J connectivity index is 2.72. The van der Waals surface area contributed by atoms with Gasteiger partial charge in [0.1, 0.15) is 28.9 Å². The lowest BCUT2D eigenvalue weighted by molar-refractivity contribution is -0.384. The predicted molar refractivity (Wildman–Crippen MR) is 145 cm³/mol. The van der Waals surface area contributed by atoms with Crippen LogP contribution in [0.5, 0.6) is 5.75 Å². The van der Waals surface area contributed by atoms with Gasteiger partial charge >= 0.3 is 5.97 Å². The van der Waals surface area contributed by atoms with Gasteiger partial charge in [0.25, 0.3) is 5.69 Å². The summed E-state index contributed by atoms with van der Waals surface area (Å²) in [5, 5.41) is 26.4. The number of esters is 1. The maximum Gasteiger partial charge on any atom is 0.311 e. The Morgan fingerprint density at radius 1 is 1.08 bits per heavy atom. The molecule has 2 rings (SSSR count). The van der Waals surface area contributed by atoms with Crippen molar-refractivity contribution in [2.75, 3.05) is 0 Å². The van der Waals surface area contributed by atoms with Crippen molar-refractivity contribution < 1.29 is 38.6 Å². The zero-order chi connectivity index (χ0) is 30.1. The van der Waals surface area contributed by atoms with Gasteiger partial charge < -0.3 is 29.4 Å². The van der Waals surface area contributed by atoms with E-state index in [9.17, 15) is 24.8 Å². The lowest BCUT2D eigenvalue weighted by Gasteiger charge is -2.56. The third-order valence-corrected chi connectivity index (χ3v) is 6.46. The largest absolute Gasteiger partial charge is 0.495 e. The van der Waals surface area contributed by atoms with E-state index in [2.05, 4.69) is 15.2 Å². The average Bonchev–Trinajstić information content (AvgIpc) is 2.75. The van der Waals surface area contributed by atoms with E-state index >= 15 is 0 Å². The topological polar surface area (TPSA) is 146 Å². The summed E-state index contributed by atoms with van der Waals surface area (Å²) in [7, 11) is 3.50. The fraction of sp³-hybridized carbons (Fsp3) is 0.667. The molecule has 1 aliphatic heterocycles. The fourth-order valence-electron chi connectivity index (χ4n) is 4.07. The number of benzene rings is 1. The number of aliphatic hydroxyl groups is 1. The van der Waals surface area contributed by atoms with Crippen LogP contribution in [-0.2, 0) is 23.8 Å². The number of rotatable bonds is 7. The summed E-state index contributed by atoms with van der Waals surface area (Å²) in [6.07, 6.45) is -3.93. The maximum atomic E-state index is 13.2. The Labute approximate surface area is 232 Å². The quantitative estimate of drug-likeness (QED) is 0.221. The second-order valence-electron chi connectivity index (χ2n) is 12.7. The van der Waals surface area contributed by atoms with E-state index in [1.165, 1.54) is 31.2 Å². The highest BCUT2D eigenvalue weighted by Crippen LogP contribution is 2.46.